The third kappa shape index (κ3) is 3.14. The van der Waals surface area contributed by atoms with Crippen LogP contribution >= 0.6 is 11.6 Å². The number of hydrogen-bond acceptors (Lipinski definition) is 3. The van der Waals surface area contributed by atoms with Crippen LogP contribution in [0.2, 0.25) is 0 Å². The zero-order valence-electron chi connectivity index (χ0n) is 7.66. The molecule has 0 radical (unpaired) electrons. The number of alkyl halides is 1. The molecule has 80 valence electrons. The van der Waals surface area contributed by atoms with Gasteiger partial charge in [-0.2, -0.15) is 0 Å². The molecule has 0 saturated heterocycles. The van der Waals surface area contributed by atoms with E-state index in [2.05, 4.69) is 10.9 Å². The second kappa shape index (κ2) is 5.21. The van der Waals surface area contributed by atoms with Crippen LogP contribution in [-0.4, -0.2) is 22.8 Å². The van der Waals surface area contributed by atoms with Gasteiger partial charge in [0.2, 0.25) is 0 Å². The summed E-state index contributed by atoms with van der Waals surface area (Å²) in [5.41, 5.74) is 4.26. The number of rotatable bonds is 2. The van der Waals surface area contributed by atoms with Crippen molar-refractivity contribution >= 4 is 23.4 Å². The number of para-hydroxylation sites is 1. The van der Waals surface area contributed by atoms with Gasteiger partial charge in [0, 0.05) is 0 Å². The molecular formula is C9H9ClN2O3. The molecule has 0 aliphatic rings. The monoisotopic (exact) mass is 228 g/mol. The van der Waals surface area contributed by atoms with Gasteiger partial charge in [0.1, 0.15) is 11.6 Å². The number of aromatic hydroxyl groups is 1. The highest BCUT2D eigenvalue weighted by atomic mass is 35.5. The molecule has 1 aromatic rings. The van der Waals surface area contributed by atoms with Crippen LogP contribution < -0.4 is 10.9 Å². The van der Waals surface area contributed by atoms with E-state index in [-0.39, 0.29) is 17.2 Å². The van der Waals surface area contributed by atoms with Crippen molar-refractivity contribution in [2.45, 2.75) is 0 Å². The van der Waals surface area contributed by atoms with Gasteiger partial charge in [-0.25, -0.2) is 0 Å². The van der Waals surface area contributed by atoms with E-state index in [1.807, 2.05) is 0 Å². The largest absolute Gasteiger partial charge is 0.507 e. The van der Waals surface area contributed by atoms with Crippen LogP contribution in [0, 0.1) is 0 Å². The maximum atomic E-state index is 11.4. The van der Waals surface area contributed by atoms with Crippen molar-refractivity contribution in [3.63, 3.8) is 0 Å². The Bertz CT molecular complexity index is 381. The summed E-state index contributed by atoms with van der Waals surface area (Å²) in [7, 11) is 0. The van der Waals surface area contributed by atoms with E-state index < -0.39 is 11.8 Å². The average Bonchev–Trinajstić information content (AvgIpc) is 2.26. The van der Waals surface area contributed by atoms with Crippen LogP contribution in [-0.2, 0) is 4.79 Å². The summed E-state index contributed by atoms with van der Waals surface area (Å²) in [6.45, 7) is 0. The van der Waals surface area contributed by atoms with E-state index in [9.17, 15) is 14.7 Å². The smallest absolute Gasteiger partial charge is 0.273 e. The molecular weight excluding hydrogens is 220 g/mol. The van der Waals surface area contributed by atoms with Crippen molar-refractivity contribution in [2.75, 3.05) is 5.88 Å². The van der Waals surface area contributed by atoms with Gasteiger partial charge in [-0.05, 0) is 12.1 Å². The Balaban J connectivity index is 2.62. The van der Waals surface area contributed by atoms with E-state index in [1.165, 1.54) is 12.1 Å². The number of hydrazine groups is 1. The molecule has 0 unspecified atom stereocenters. The van der Waals surface area contributed by atoms with Crippen LogP contribution in [0.15, 0.2) is 24.3 Å². The first kappa shape index (κ1) is 11.3. The number of halogens is 1. The number of hydrogen-bond donors (Lipinski definition) is 3. The number of phenols is 1. The Hall–Kier alpha value is -1.75. The molecule has 0 bridgehead atoms. The molecule has 3 N–H and O–H groups in total. The molecule has 0 aromatic heterocycles. The third-order valence-corrected chi connectivity index (χ3v) is 1.83. The summed E-state index contributed by atoms with van der Waals surface area (Å²) in [4.78, 5) is 22.1. The van der Waals surface area contributed by atoms with Crippen molar-refractivity contribution in [1.82, 2.24) is 10.9 Å². The Morgan fingerprint density at radius 3 is 2.53 bits per heavy atom. The number of phenolic OH excluding ortho intramolecular Hbond substituents is 1. The van der Waals surface area contributed by atoms with Gasteiger partial charge in [0.25, 0.3) is 11.8 Å². The SMILES string of the molecule is O=C(CCl)NNC(=O)c1ccccc1O. The molecule has 0 saturated carbocycles. The van der Waals surface area contributed by atoms with Crippen LogP contribution in [0.25, 0.3) is 0 Å². The molecule has 1 rings (SSSR count). The molecule has 0 fully saturated rings. The van der Waals surface area contributed by atoms with E-state index in [0.29, 0.717) is 0 Å². The topological polar surface area (TPSA) is 78.4 Å². The molecule has 0 aliphatic carbocycles. The molecule has 5 nitrogen and oxygen atoms in total. The molecule has 6 heteroatoms. The van der Waals surface area contributed by atoms with Crippen molar-refractivity contribution in [2.24, 2.45) is 0 Å². The van der Waals surface area contributed by atoms with Gasteiger partial charge in [0.05, 0.1) is 5.56 Å². The molecule has 0 heterocycles. The van der Waals surface area contributed by atoms with Gasteiger partial charge in [-0.3, -0.25) is 20.4 Å². The van der Waals surface area contributed by atoms with Gasteiger partial charge in [0.15, 0.2) is 0 Å². The highest BCUT2D eigenvalue weighted by Gasteiger charge is 2.10. The zero-order valence-corrected chi connectivity index (χ0v) is 8.41. The normalized spacial score (nSPS) is 9.40. The predicted molar refractivity (Wildman–Crippen MR) is 54.4 cm³/mol. The van der Waals surface area contributed by atoms with Gasteiger partial charge in [-0.1, -0.05) is 12.1 Å². The number of carbonyl (C=O) groups excluding carboxylic acids is 2. The van der Waals surface area contributed by atoms with Crippen molar-refractivity contribution in [3.05, 3.63) is 29.8 Å². The standard InChI is InChI=1S/C9H9ClN2O3/c10-5-8(14)11-12-9(15)6-3-1-2-4-7(6)13/h1-4,13H,5H2,(H,11,14)(H,12,15). The Labute approximate surface area is 91.0 Å². The summed E-state index contributed by atoms with van der Waals surface area (Å²) >= 11 is 5.20. The predicted octanol–water partition coefficient (Wildman–Crippen LogP) is 0.392. The van der Waals surface area contributed by atoms with E-state index in [4.69, 9.17) is 11.6 Å². The fourth-order valence-electron chi connectivity index (χ4n) is 0.893. The Morgan fingerprint density at radius 1 is 1.27 bits per heavy atom. The maximum absolute atomic E-state index is 11.4. The van der Waals surface area contributed by atoms with Crippen LogP contribution in [0.3, 0.4) is 0 Å². The van der Waals surface area contributed by atoms with Crippen molar-refractivity contribution in [3.8, 4) is 5.75 Å². The summed E-state index contributed by atoms with van der Waals surface area (Å²) in [6.07, 6.45) is 0. The average molecular weight is 229 g/mol. The van der Waals surface area contributed by atoms with Crippen molar-refractivity contribution in [1.29, 1.82) is 0 Å². The fraction of sp³-hybridized carbons (Fsp3) is 0.111. The highest BCUT2D eigenvalue weighted by molar-refractivity contribution is 6.27. The van der Waals surface area contributed by atoms with Gasteiger partial charge in [-0.15, -0.1) is 11.6 Å². The van der Waals surface area contributed by atoms with Crippen LogP contribution in [0.1, 0.15) is 10.4 Å². The Kier molecular flexibility index (Phi) is 3.93. The van der Waals surface area contributed by atoms with Gasteiger partial charge >= 0.3 is 0 Å². The fourth-order valence-corrected chi connectivity index (χ4v) is 0.960. The summed E-state index contributed by atoms with van der Waals surface area (Å²) < 4.78 is 0. The molecule has 0 spiro atoms. The third-order valence-electron chi connectivity index (χ3n) is 1.59. The first-order valence-electron chi connectivity index (χ1n) is 4.08. The number of carbonyl (C=O) groups is 2. The lowest BCUT2D eigenvalue weighted by atomic mass is 10.2. The number of amides is 2. The summed E-state index contributed by atoms with van der Waals surface area (Å²) in [6, 6.07) is 5.98. The first-order chi connectivity index (χ1) is 7.15. The Morgan fingerprint density at radius 2 is 1.93 bits per heavy atom. The van der Waals surface area contributed by atoms with Crippen LogP contribution in [0.5, 0.6) is 5.75 Å². The number of nitrogens with one attached hydrogen (secondary N) is 2. The lowest BCUT2D eigenvalue weighted by molar-refractivity contribution is -0.119. The molecule has 0 atom stereocenters. The van der Waals surface area contributed by atoms with E-state index >= 15 is 0 Å². The second-order valence-electron chi connectivity index (χ2n) is 2.65. The quantitative estimate of drug-likeness (QED) is 0.506. The molecule has 2 amide bonds. The minimum absolute atomic E-state index is 0.0763. The van der Waals surface area contributed by atoms with E-state index in [1.54, 1.807) is 12.1 Å². The summed E-state index contributed by atoms with van der Waals surface area (Å²) in [5.74, 6) is -1.54. The molecule has 15 heavy (non-hydrogen) atoms. The zero-order chi connectivity index (χ0) is 11.3. The van der Waals surface area contributed by atoms with E-state index in [0.717, 1.165) is 0 Å². The van der Waals surface area contributed by atoms with Crippen molar-refractivity contribution < 1.29 is 14.7 Å². The maximum Gasteiger partial charge on any atom is 0.273 e. The minimum Gasteiger partial charge on any atom is -0.507 e. The summed E-state index contributed by atoms with van der Waals surface area (Å²) in [5, 5.41) is 9.30. The number of benzene rings is 1. The van der Waals surface area contributed by atoms with Crippen LogP contribution in [0.4, 0.5) is 0 Å². The van der Waals surface area contributed by atoms with Gasteiger partial charge < -0.3 is 5.11 Å². The highest BCUT2D eigenvalue weighted by Crippen LogP contribution is 2.14. The second-order valence-corrected chi connectivity index (χ2v) is 2.92. The minimum atomic E-state index is -0.605. The first-order valence-corrected chi connectivity index (χ1v) is 4.61. The lowest BCUT2D eigenvalue weighted by Crippen LogP contribution is -2.42. The molecule has 0 aliphatic heterocycles. The lowest BCUT2D eigenvalue weighted by Gasteiger charge is -2.06. The molecule has 1 aromatic carbocycles.